The maximum atomic E-state index is 11.1. The van der Waals surface area contributed by atoms with Crippen LogP contribution >= 0.6 is 0 Å². The maximum Gasteiger partial charge on any atom is 0.335 e. The van der Waals surface area contributed by atoms with Gasteiger partial charge in [-0.15, -0.1) is 6.58 Å². The van der Waals surface area contributed by atoms with Crippen molar-refractivity contribution in [3.63, 3.8) is 0 Å². The van der Waals surface area contributed by atoms with E-state index in [-0.39, 0.29) is 12.2 Å². The molecule has 0 bridgehead atoms. The Morgan fingerprint density at radius 1 is 0.973 bits per heavy atom. The Kier molecular flexibility index (Phi) is 8.02. The summed E-state index contributed by atoms with van der Waals surface area (Å²) in [6, 6.07) is 26.8. The number of rotatable bonds is 10. The molecular formula is C32H27NO4. The molecule has 4 aromatic rings. The second-order valence-corrected chi connectivity index (χ2v) is 8.46. The lowest BCUT2D eigenvalue weighted by molar-refractivity contribution is 0.0697. The number of hydrogen-bond donors (Lipinski definition) is 1. The van der Waals surface area contributed by atoms with Gasteiger partial charge < -0.3 is 14.6 Å². The van der Waals surface area contributed by atoms with Crippen molar-refractivity contribution >= 4 is 28.4 Å². The molecule has 0 unspecified atom stereocenters. The van der Waals surface area contributed by atoms with E-state index in [0.717, 1.165) is 33.0 Å². The fourth-order valence-corrected chi connectivity index (χ4v) is 4.10. The first-order valence-electron chi connectivity index (χ1n) is 12.0. The average Bonchev–Trinajstić information content (AvgIpc) is 2.91. The molecule has 0 radical (unpaired) electrons. The Labute approximate surface area is 216 Å². The van der Waals surface area contributed by atoms with Gasteiger partial charge in [0.1, 0.15) is 6.61 Å². The SMILES string of the molecule is C=CCc1cc(/C=C(/C#N)c2ccc3ccccc3c2)cc(OCC)c1OCc1ccc(C(=O)O)cc1. The molecule has 4 aromatic carbocycles. The third-order valence-electron chi connectivity index (χ3n) is 5.89. The number of ether oxygens (including phenoxy) is 2. The van der Waals surface area contributed by atoms with E-state index >= 15 is 0 Å². The van der Waals surface area contributed by atoms with Crippen LogP contribution in [0.15, 0.2) is 91.5 Å². The number of carbonyl (C=O) groups is 1. The molecule has 0 heterocycles. The minimum absolute atomic E-state index is 0.224. The standard InChI is InChI=1S/C32H27NO4/c1-3-7-28-16-23(17-29(20-33)27-15-14-24-8-5-6-9-26(24)19-27)18-30(36-4-2)31(28)37-21-22-10-12-25(13-11-22)32(34)35/h3,5-6,8-19H,1,4,7,21H2,2H3,(H,34,35)/b29-17-. The summed E-state index contributed by atoms with van der Waals surface area (Å²) in [5, 5.41) is 21.3. The number of hydrogen-bond acceptors (Lipinski definition) is 4. The zero-order valence-corrected chi connectivity index (χ0v) is 20.6. The molecule has 184 valence electrons. The van der Waals surface area contributed by atoms with E-state index in [1.807, 2.05) is 67.6 Å². The van der Waals surface area contributed by atoms with Crippen LogP contribution in [0.4, 0.5) is 0 Å². The predicted octanol–water partition coefficient (Wildman–Crippen LogP) is 7.31. The molecule has 0 aromatic heterocycles. The zero-order valence-electron chi connectivity index (χ0n) is 20.6. The minimum Gasteiger partial charge on any atom is -0.490 e. The van der Waals surface area contributed by atoms with E-state index in [4.69, 9.17) is 14.6 Å². The van der Waals surface area contributed by atoms with E-state index in [1.54, 1.807) is 30.3 Å². The lowest BCUT2D eigenvalue weighted by Crippen LogP contribution is -2.04. The van der Waals surface area contributed by atoms with Crippen LogP contribution in [0.25, 0.3) is 22.4 Å². The average molecular weight is 490 g/mol. The first kappa shape index (κ1) is 25.3. The number of aromatic carboxylic acids is 1. The second-order valence-electron chi connectivity index (χ2n) is 8.46. The highest BCUT2D eigenvalue weighted by atomic mass is 16.5. The summed E-state index contributed by atoms with van der Waals surface area (Å²) in [6.45, 7) is 6.48. The normalized spacial score (nSPS) is 11.1. The second kappa shape index (κ2) is 11.7. The molecule has 1 N–H and O–H groups in total. The van der Waals surface area contributed by atoms with Gasteiger partial charge in [0.2, 0.25) is 0 Å². The number of fused-ring (bicyclic) bond motifs is 1. The van der Waals surface area contributed by atoms with Crippen LogP contribution in [-0.4, -0.2) is 17.7 Å². The smallest absolute Gasteiger partial charge is 0.335 e. The van der Waals surface area contributed by atoms with Gasteiger partial charge in [0.05, 0.1) is 23.8 Å². The van der Waals surface area contributed by atoms with Gasteiger partial charge >= 0.3 is 5.97 Å². The highest BCUT2D eigenvalue weighted by Gasteiger charge is 2.14. The van der Waals surface area contributed by atoms with Gasteiger partial charge in [0.15, 0.2) is 11.5 Å². The first-order valence-corrected chi connectivity index (χ1v) is 12.0. The third-order valence-corrected chi connectivity index (χ3v) is 5.89. The summed E-state index contributed by atoms with van der Waals surface area (Å²) in [7, 11) is 0. The summed E-state index contributed by atoms with van der Waals surface area (Å²) in [5.74, 6) is 0.208. The number of nitrogens with zero attached hydrogens (tertiary/aromatic N) is 1. The fraction of sp³-hybridized carbons (Fsp3) is 0.125. The van der Waals surface area contributed by atoms with Crippen molar-refractivity contribution in [2.24, 2.45) is 0 Å². The highest BCUT2D eigenvalue weighted by Crippen LogP contribution is 2.36. The Balaban J connectivity index is 1.69. The molecule has 0 fully saturated rings. The van der Waals surface area contributed by atoms with Crippen LogP contribution in [0, 0.1) is 11.3 Å². The molecule has 0 atom stereocenters. The molecule has 4 rings (SSSR count). The molecule has 0 amide bonds. The van der Waals surface area contributed by atoms with Crippen LogP contribution in [0.3, 0.4) is 0 Å². The Hall–Kier alpha value is -4.82. The third kappa shape index (κ3) is 6.06. The van der Waals surface area contributed by atoms with Gasteiger partial charge in [-0.3, -0.25) is 0 Å². The molecule has 5 nitrogen and oxygen atoms in total. The predicted molar refractivity (Wildman–Crippen MR) is 147 cm³/mol. The largest absolute Gasteiger partial charge is 0.490 e. The van der Waals surface area contributed by atoms with Gasteiger partial charge in [-0.25, -0.2) is 4.79 Å². The number of benzene rings is 4. The topological polar surface area (TPSA) is 79.5 Å². The van der Waals surface area contributed by atoms with Crippen LogP contribution in [0.2, 0.25) is 0 Å². The molecule has 0 aliphatic heterocycles. The minimum atomic E-state index is -0.969. The summed E-state index contributed by atoms with van der Waals surface area (Å²) in [4.78, 5) is 11.1. The summed E-state index contributed by atoms with van der Waals surface area (Å²) in [5.41, 5.74) is 4.15. The van der Waals surface area contributed by atoms with Crippen molar-refractivity contribution < 1.29 is 19.4 Å². The van der Waals surface area contributed by atoms with Gasteiger partial charge in [-0.05, 0) is 77.2 Å². The van der Waals surface area contributed by atoms with Crippen LogP contribution in [-0.2, 0) is 13.0 Å². The zero-order chi connectivity index (χ0) is 26.2. The summed E-state index contributed by atoms with van der Waals surface area (Å²) < 4.78 is 12.1. The number of carboxylic acids is 1. The van der Waals surface area contributed by atoms with Gasteiger partial charge in [0.25, 0.3) is 0 Å². The van der Waals surface area contributed by atoms with E-state index in [1.165, 1.54) is 0 Å². The molecule has 0 aliphatic rings. The van der Waals surface area contributed by atoms with Crippen LogP contribution < -0.4 is 9.47 Å². The van der Waals surface area contributed by atoms with Crippen molar-refractivity contribution in [2.75, 3.05) is 6.61 Å². The number of nitriles is 1. The molecule has 37 heavy (non-hydrogen) atoms. The first-order chi connectivity index (χ1) is 18.0. The number of allylic oxidation sites excluding steroid dienone is 2. The molecular weight excluding hydrogens is 462 g/mol. The molecule has 0 saturated heterocycles. The highest BCUT2D eigenvalue weighted by molar-refractivity contribution is 5.94. The lowest BCUT2D eigenvalue weighted by Gasteiger charge is -2.17. The molecule has 0 saturated carbocycles. The van der Waals surface area contributed by atoms with Crippen LogP contribution in [0.5, 0.6) is 11.5 Å². The Morgan fingerprint density at radius 2 is 1.70 bits per heavy atom. The summed E-state index contributed by atoms with van der Waals surface area (Å²) >= 11 is 0. The fourth-order valence-electron chi connectivity index (χ4n) is 4.10. The lowest BCUT2D eigenvalue weighted by atomic mass is 9.98. The van der Waals surface area contributed by atoms with Gasteiger partial charge in [0, 0.05) is 5.56 Å². The molecule has 5 heteroatoms. The van der Waals surface area contributed by atoms with Crippen molar-refractivity contribution in [1.82, 2.24) is 0 Å². The van der Waals surface area contributed by atoms with E-state index < -0.39 is 5.97 Å². The monoisotopic (exact) mass is 489 g/mol. The van der Waals surface area contributed by atoms with Gasteiger partial charge in [-0.2, -0.15) is 5.26 Å². The van der Waals surface area contributed by atoms with E-state index in [9.17, 15) is 10.1 Å². The Morgan fingerprint density at radius 3 is 2.38 bits per heavy atom. The number of carboxylic acid groups (broad SMARTS) is 1. The van der Waals surface area contributed by atoms with E-state index in [2.05, 4.69) is 12.6 Å². The Bertz CT molecular complexity index is 1510. The molecule has 0 aliphatic carbocycles. The van der Waals surface area contributed by atoms with Crippen molar-refractivity contribution in [3.8, 4) is 17.6 Å². The summed E-state index contributed by atoms with van der Waals surface area (Å²) in [6.07, 6.45) is 4.20. The van der Waals surface area contributed by atoms with Crippen LogP contribution in [0.1, 0.15) is 39.5 Å². The van der Waals surface area contributed by atoms with Gasteiger partial charge in [-0.1, -0.05) is 54.6 Å². The van der Waals surface area contributed by atoms with Crippen molar-refractivity contribution in [3.05, 3.63) is 119 Å². The van der Waals surface area contributed by atoms with E-state index in [0.29, 0.717) is 30.1 Å². The van der Waals surface area contributed by atoms with Crippen molar-refractivity contribution in [2.45, 2.75) is 20.0 Å². The quantitative estimate of drug-likeness (QED) is 0.144. The molecule has 0 spiro atoms. The maximum absolute atomic E-state index is 11.1. The van der Waals surface area contributed by atoms with Crippen molar-refractivity contribution in [1.29, 1.82) is 5.26 Å².